The molecule has 4 aliphatic carbocycles. The number of carbonyl (C=O) groups excluding carboxylic acids is 2. The Morgan fingerprint density at radius 2 is 2.00 bits per heavy atom. The number of ether oxygens (including phenoxy) is 1. The van der Waals surface area contributed by atoms with E-state index in [2.05, 4.69) is 16.7 Å². The lowest BCUT2D eigenvalue weighted by Gasteiger charge is -2.57. The first kappa shape index (κ1) is 18.2. The van der Waals surface area contributed by atoms with Crippen LogP contribution in [0.5, 0.6) is 0 Å². The second-order valence-corrected chi connectivity index (χ2v) is 10.2. The third-order valence-corrected chi connectivity index (χ3v) is 8.60. The Balaban J connectivity index is 1.57. The van der Waals surface area contributed by atoms with Crippen molar-refractivity contribution in [2.24, 2.45) is 23.2 Å². The van der Waals surface area contributed by atoms with Gasteiger partial charge in [-0.15, -0.1) is 0 Å². The Bertz CT molecular complexity index is 892. The zero-order valence-corrected chi connectivity index (χ0v) is 17.1. The van der Waals surface area contributed by atoms with Crippen molar-refractivity contribution in [3.8, 4) is 11.8 Å². The Kier molecular flexibility index (Phi) is 3.73. The van der Waals surface area contributed by atoms with Crippen LogP contribution in [-0.2, 0) is 14.3 Å². The summed E-state index contributed by atoms with van der Waals surface area (Å²) < 4.78 is 6.25. The van der Waals surface area contributed by atoms with Gasteiger partial charge in [-0.25, -0.2) is 0 Å². The number of hydrogen-bond donors (Lipinski definition) is 1. The molecular weight excluding hydrogens is 366 g/mol. The van der Waals surface area contributed by atoms with Crippen LogP contribution in [0, 0.1) is 35.0 Å². The fourth-order valence-electron chi connectivity index (χ4n) is 7.07. The van der Waals surface area contributed by atoms with Crippen molar-refractivity contribution in [3.63, 3.8) is 0 Å². The number of ketones is 2. The van der Waals surface area contributed by atoms with Crippen LogP contribution in [0.2, 0.25) is 0 Å². The van der Waals surface area contributed by atoms with Crippen LogP contribution in [0.15, 0.2) is 11.3 Å². The summed E-state index contributed by atoms with van der Waals surface area (Å²) in [5, 5.41) is 12.5. The van der Waals surface area contributed by atoms with Crippen molar-refractivity contribution in [3.05, 3.63) is 11.3 Å². The number of nitrogens with zero attached hydrogens (tertiary/aromatic N) is 1. The number of Topliss-reactive ketones (excluding diaryl/α,β-unsaturated/α-hetero) is 2. The molecule has 29 heavy (non-hydrogen) atoms. The highest BCUT2D eigenvalue weighted by atomic mass is 16.5. The summed E-state index contributed by atoms with van der Waals surface area (Å²) >= 11 is 0. The summed E-state index contributed by atoms with van der Waals surface area (Å²) in [4.78, 5) is 28.8. The van der Waals surface area contributed by atoms with Gasteiger partial charge in [0.2, 0.25) is 5.78 Å². The number of carbonyl (C=O) groups is 2. The SMILES string of the molecule is CC1C#CC2CCC3N(CC4CC4)CCC45C2=C(OC4C(=O)CCCC35O)C1=O. The molecule has 0 aromatic carbocycles. The van der Waals surface area contributed by atoms with Crippen LogP contribution < -0.4 is 0 Å². The maximum Gasteiger partial charge on any atom is 0.212 e. The van der Waals surface area contributed by atoms with Crippen molar-refractivity contribution >= 4 is 11.6 Å². The summed E-state index contributed by atoms with van der Waals surface area (Å²) in [6.07, 6.45) is 5.93. The van der Waals surface area contributed by atoms with E-state index in [1.807, 2.05) is 6.92 Å². The molecule has 6 atom stereocenters. The molecule has 154 valence electrons. The molecule has 6 aliphatic rings. The molecule has 2 aliphatic heterocycles. The van der Waals surface area contributed by atoms with Crippen LogP contribution >= 0.6 is 0 Å². The summed E-state index contributed by atoms with van der Waals surface area (Å²) in [5.74, 6) is 7.06. The van der Waals surface area contributed by atoms with Crippen LogP contribution in [0.25, 0.3) is 0 Å². The molecule has 1 saturated heterocycles. The van der Waals surface area contributed by atoms with Gasteiger partial charge in [0.15, 0.2) is 17.6 Å². The fraction of sp³-hybridized carbons (Fsp3) is 0.750. The van der Waals surface area contributed by atoms with Gasteiger partial charge < -0.3 is 9.84 Å². The number of hydrogen-bond acceptors (Lipinski definition) is 5. The maximum absolute atomic E-state index is 13.2. The highest BCUT2D eigenvalue weighted by Crippen LogP contribution is 2.64. The second kappa shape index (κ2) is 5.95. The van der Waals surface area contributed by atoms with Crippen LogP contribution in [0.3, 0.4) is 0 Å². The third-order valence-electron chi connectivity index (χ3n) is 8.60. The predicted octanol–water partition coefficient (Wildman–Crippen LogP) is 2.23. The average Bonchev–Trinajstić information content (AvgIpc) is 3.47. The van der Waals surface area contributed by atoms with E-state index >= 15 is 0 Å². The minimum Gasteiger partial charge on any atom is -0.478 e. The van der Waals surface area contributed by atoms with Crippen molar-refractivity contribution < 1.29 is 19.4 Å². The maximum atomic E-state index is 13.2. The summed E-state index contributed by atoms with van der Waals surface area (Å²) in [6.45, 7) is 3.72. The molecule has 0 radical (unpaired) electrons. The molecule has 5 nitrogen and oxygen atoms in total. The van der Waals surface area contributed by atoms with Crippen LogP contribution in [-0.4, -0.2) is 52.4 Å². The molecule has 2 heterocycles. The van der Waals surface area contributed by atoms with E-state index in [-0.39, 0.29) is 23.5 Å². The Morgan fingerprint density at radius 3 is 2.79 bits per heavy atom. The Morgan fingerprint density at radius 1 is 1.17 bits per heavy atom. The molecule has 6 rings (SSSR count). The minimum absolute atomic E-state index is 0.0157. The van der Waals surface area contributed by atoms with Gasteiger partial charge in [-0.1, -0.05) is 11.8 Å². The first-order valence-corrected chi connectivity index (χ1v) is 11.4. The van der Waals surface area contributed by atoms with Crippen molar-refractivity contribution in [2.75, 3.05) is 13.1 Å². The number of piperidine rings is 1. The van der Waals surface area contributed by atoms with E-state index in [1.54, 1.807) is 0 Å². The van der Waals surface area contributed by atoms with E-state index in [1.165, 1.54) is 12.8 Å². The normalized spacial score (nSPS) is 46.1. The minimum atomic E-state index is -1.03. The van der Waals surface area contributed by atoms with Gasteiger partial charge >= 0.3 is 0 Å². The standard InChI is InChI=1S/C24H29NO4/c1-14-4-7-16-8-9-18-24(28)10-2-3-17(26)22-23(24,19(16)21(29-22)20(14)27)11-12-25(18)13-15-5-6-15/h14-16,18,22,28H,2-3,5-6,8-13H2,1H3. The molecule has 1 N–H and O–H groups in total. The van der Waals surface area contributed by atoms with Gasteiger partial charge in [0.1, 0.15) is 0 Å². The number of aliphatic hydroxyl groups is 1. The summed E-state index contributed by atoms with van der Waals surface area (Å²) in [6, 6.07) is 0.0157. The van der Waals surface area contributed by atoms with Crippen LogP contribution in [0.1, 0.15) is 58.3 Å². The number of allylic oxidation sites excluding steroid dienone is 1. The van der Waals surface area contributed by atoms with Crippen molar-refractivity contribution in [1.82, 2.24) is 4.90 Å². The first-order chi connectivity index (χ1) is 14.0. The van der Waals surface area contributed by atoms with Gasteiger partial charge in [-0.3, -0.25) is 14.5 Å². The second-order valence-electron chi connectivity index (χ2n) is 10.2. The highest BCUT2D eigenvalue weighted by Gasteiger charge is 2.72. The quantitative estimate of drug-likeness (QED) is 0.727. The van der Waals surface area contributed by atoms with Gasteiger partial charge in [-0.2, -0.15) is 0 Å². The number of likely N-dealkylation sites (tertiary alicyclic amines) is 1. The average molecular weight is 395 g/mol. The van der Waals surface area contributed by atoms with Crippen molar-refractivity contribution in [1.29, 1.82) is 0 Å². The number of rotatable bonds is 2. The molecule has 3 saturated carbocycles. The highest BCUT2D eigenvalue weighted by molar-refractivity contribution is 6.01. The largest absolute Gasteiger partial charge is 0.478 e. The topological polar surface area (TPSA) is 66.8 Å². The van der Waals surface area contributed by atoms with E-state index in [0.29, 0.717) is 31.4 Å². The lowest BCUT2D eigenvalue weighted by Crippen LogP contribution is -2.69. The molecule has 0 aromatic rings. The molecule has 5 heteroatoms. The van der Waals surface area contributed by atoms with Gasteiger partial charge in [-0.05, 0) is 64.3 Å². The van der Waals surface area contributed by atoms with E-state index in [4.69, 9.17) is 4.74 Å². The molecule has 6 unspecified atom stereocenters. The fourth-order valence-corrected chi connectivity index (χ4v) is 7.07. The zero-order chi connectivity index (χ0) is 20.0. The Labute approximate surface area is 171 Å². The van der Waals surface area contributed by atoms with E-state index in [0.717, 1.165) is 37.4 Å². The van der Waals surface area contributed by atoms with Gasteiger partial charge in [0.25, 0.3) is 0 Å². The van der Waals surface area contributed by atoms with E-state index in [9.17, 15) is 14.7 Å². The Hall–Kier alpha value is -1.64. The molecule has 4 fully saturated rings. The molecular formula is C24H29NO4. The molecule has 1 spiro atoms. The monoisotopic (exact) mass is 395 g/mol. The molecule has 0 amide bonds. The van der Waals surface area contributed by atoms with Gasteiger partial charge in [0.05, 0.1) is 16.9 Å². The molecule has 2 bridgehead atoms. The lowest BCUT2D eigenvalue weighted by molar-refractivity contribution is -0.186. The van der Waals surface area contributed by atoms with E-state index < -0.39 is 23.0 Å². The first-order valence-electron chi connectivity index (χ1n) is 11.4. The van der Waals surface area contributed by atoms with Crippen molar-refractivity contribution in [2.45, 2.75) is 76.0 Å². The summed E-state index contributed by atoms with van der Waals surface area (Å²) in [5.41, 5.74) is -0.926. The van der Waals surface area contributed by atoms with Crippen LogP contribution in [0.4, 0.5) is 0 Å². The zero-order valence-electron chi connectivity index (χ0n) is 17.1. The predicted molar refractivity (Wildman–Crippen MR) is 106 cm³/mol. The smallest absolute Gasteiger partial charge is 0.212 e. The third kappa shape index (κ3) is 2.25. The lowest BCUT2D eigenvalue weighted by atomic mass is 9.56. The summed E-state index contributed by atoms with van der Waals surface area (Å²) in [7, 11) is 0. The van der Waals surface area contributed by atoms with Gasteiger partial charge in [0, 0.05) is 30.5 Å². The molecule has 0 aromatic heterocycles.